The average Bonchev–Trinajstić information content (AvgIpc) is 2.75. The molecule has 0 spiro atoms. The monoisotopic (exact) mass is 217 g/mol. The van der Waals surface area contributed by atoms with Gasteiger partial charge in [-0.15, -0.1) is 0 Å². The van der Waals surface area contributed by atoms with E-state index in [-0.39, 0.29) is 0 Å². The van der Waals surface area contributed by atoms with E-state index >= 15 is 0 Å². The summed E-state index contributed by atoms with van der Waals surface area (Å²) in [6, 6.07) is 7.80. The molecule has 1 aromatic carbocycles. The Balaban J connectivity index is 1.83. The van der Waals surface area contributed by atoms with Crippen molar-refractivity contribution in [1.29, 1.82) is 0 Å². The molecular formula is C14H19NO. The lowest BCUT2D eigenvalue weighted by atomic mass is 10.0. The predicted molar refractivity (Wildman–Crippen MR) is 64.6 cm³/mol. The Kier molecular flexibility index (Phi) is 2.70. The van der Waals surface area contributed by atoms with Crippen LogP contribution in [-0.4, -0.2) is 19.3 Å². The quantitative estimate of drug-likeness (QED) is 0.779. The number of morpholine rings is 1. The fraction of sp³-hybridized carbons (Fsp3) is 0.571. The Morgan fingerprint density at radius 3 is 2.94 bits per heavy atom. The summed E-state index contributed by atoms with van der Waals surface area (Å²) in [5, 5.41) is 3.60. The molecule has 1 heterocycles. The maximum atomic E-state index is 5.61. The molecule has 2 atom stereocenters. The fourth-order valence-electron chi connectivity index (χ4n) is 2.80. The topological polar surface area (TPSA) is 21.3 Å². The van der Waals surface area contributed by atoms with Gasteiger partial charge in [0, 0.05) is 6.04 Å². The lowest BCUT2D eigenvalue weighted by Gasteiger charge is -2.29. The summed E-state index contributed by atoms with van der Waals surface area (Å²) in [6.45, 7) is 3.82. The summed E-state index contributed by atoms with van der Waals surface area (Å²) in [4.78, 5) is 0. The molecule has 86 valence electrons. The van der Waals surface area contributed by atoms with Crippen LogP contribution in [0, 0.1) is 0 Å². The maximum Gasteiger partial charge on any atom is 0.0662 e. The van der Waals surface area contributed by atoms with Crippen LogP contribution in [0.25, 0.3) is 0 Å². The van der Waals surface area contributed by atoms with Gasteiger partial charge in [0.15, 0.2) is 0 Å². The van der Waals surface area contributed by atoms with Crippen LogP contribution in [0.4, 0.5) is 0 Å². The van der Waals surface area contributed by atoms with E-state index in [1.807, 2.05) is 0 Å². The van der Waals surface area contributed by atoms with Crippen molar-refractivity contribution in [2.45, 2.75) is 38.3 Å². The first-order chi connectivity index (χ1) is 7.83. The number of ether oxygens (including phenoxy) is 1. The number of hydrogen-bond acceptors (Lipinski definition) is 2. The SMILES string of the molecule is CC1COCC(c2ccc3c(c2)CCC3)N1. The van der Waals surface area contributed by atoms with Gasteiger partial charge in [0.2, 0.25) is 0 Å². The summed E-state index contributed by atoms with van der Waals surface area (Å²) in [5.74, 6) is 0. The van der Waals surface area contributed by atoms with Crippen molar-refractivity contribution in [1.82, 2.24) is 5.32 Å². The highest BCUT2D eigenvalue weighted by molar-refractivity contribution is 5.36. The summed E-state index contributed by atoms with van der Waals surface area (Å²) in [5.41, 5.74) is 4.50. The Morgan fingerprint density at radius 2 is 2.06 bits per heavy atom. The maximum absolute atomic E-state index is 5.61. The molecule has 16 heavy (non-hydrogen) atoms. The molecule has 2 heteroatoms. The molecule has 2 nitrogen and oxygen atoms in total. The van der Waals surface area contributed by atoms with E-state index in [2.05, 4.69) is 30.4 Å². The second-order valence-electron chi connectivity index (χ2n) is 5.04. The van der Waals surface area contributed by atoms with Crippen LogP contribution in [0.3, 0.4) is 0 Å². The van der Waals surface area contributed by atoms with E-state index in [1.54, 1.807) is 11.1 Å². The minimum absolute atomic E-state index is 0.384. The molecule has 0 radical (unpaired) electrons. The third-order valence-electron chi connectivity index (χ3n) is 3.66. The molecule has 2 aliphatic rings. The zero-order valence-electron chi connectivity index (χ0n) is 9.83. The standard InChI is InChI=1S/C14H19NO/c1-10-8-16-9-14(15-10)13-6-5-11-3-2-4-12(11)7-13/h5-7,10,14-15H,2-4,8-9H2,1H3. The van der Waals surface area contributed by atoms with Crippen LogP contribution >= 0.6 is 0 Å². The molecule has 0 aromatic heterocycles. The van der Waals surface area contributed by atoms with Gasteiger partial charge in [0.1, 0.15) is 0 Å². The molecule has 1 N–H and O–H groups in total. The molecule has 2 unspecified atom stereocenters. The Morgan fingerprint density at radius 1 is 1.19 bits per heavy atom. The van der Waals surface area contributed by atoms with Gasteiger partial charge in [-0.25, -0.2) is 0 Å². The first kappa shape index (κ1) is 10.3. The van der Waals surface area contributed by atoms with E-state index in [1.165, 1.54) is 24.8 Å². The second kappa shape index (κ2) is 4.19. The van der Waals surface area contributed by atoms with Crippen LogP contribution in [0.2, 0.25) is 0 Å². The molecule has 1 saturated heterocycles. The van der Waals surface area contributed by atoms with Crippen LogP contribution in [-0.2, 0) is 17.6 Å². The van der Waals surface area contributed by atoms with Crippen molar-refractivity contribution in [3.05, 3.63) is 34.9 Å². The molecule has 0 saturated carbocycles. The number of hydrogen-bond donors (Lipinski definition) is 1. The van der Waals surface area contributed by atoms with Gasteiger partial charge < -0.3 is 10.1 Å². The van der Waals surface area contributed by atoms with Crippen LogP contribution < -0.4 is 5.32 Å². The highest BCUT2D eigenvalue weighted by atomic mass is 16.5. The summed E-state index contributed by atoms with van der Waals surface area (Å²) < 4.78 is 5.61. The van der Waals surface area contributed by atoms with E-state index in [0.717, 1.165) is 13.2 Å². The van der Waals surface area contributed by atoms with E-state index in [0.29, 0.717) is 12.1 Å². The van der Waals surface area contributed by atoms with Crippen molar-refractivity contribution in [2.75, 3.05) is 13.2 Å². The van der Waals surface area contributed by atoms with Crippen molar-refractivity contribution in [2.24, 2.45) is 0 Å². The first-order valence-corrected chi connectivity index (χ1v) is 6.28. The first-order valence-electron chi connectivity index (χ1n) is 6.28. The lowest BCUT2D eigenvalue weighted by Crippen LogP contribution is -2.41. The smallest absolute Gasteiger partial charge is 0.0662 e. The summed E-state index contributed by atoms with van der Waals surface area (Å²) in [6.07, 6.45) is 3.84. The highest BCUT2D eigenvalue weighted by Gasteiger charge is 2.21. The van der Waals surface area contributed by atoms with Crippen LogP contribution in [0.5, 0.6) is 0 Å². The average molecular weight is 217 g/mol. The van der Waals surface area contributed by atoms with Crippen LogP contribution in [0.15, 0.2) is 18.2 Å². The molecule has 1 fully saturated rings. The Labute approximate surface area is 97.0 Å². The second-order valence-corrected chi connectivity index (χ2v) is 5.04. The number of nitrogens with one attached hydrogen (secondary N) is 1. The van der Waals surface area contributed by atoms with Gasteiger partial charge in [-0.2, -0.15) is 0 Å². The lowest BCUT2D eigenvalue weighted by molar-refractivity contribution is 0.0504. The van der Waals surface area contributed by atoms with Gasteiger partial charge in [-0.05, 0) is 42.9 Å². The van der Waals surface area contributed by atoms with E-state index in [9.17, 15) is 0 Å². The molecule has 0 bridgehead atoms. The fourth-order valence-corrected chi connectivity index (χ4v) is 2.80. The highest BCUT2D eigenvalue weighted by Crippen LogP contribution is 2.26. The van der Waals surface area contributed by atoms with Gasteiger partial charge >= 0.3 is 0 Å². The number of benzene rings is 1. The van der Waals surface area contributed by atoms with E-state index < -0.39 is 0 Å². The third-order valence-corrected chi connectivity index (χ3v) is 3.66. The van der Waals surface area contributed by atoms with Gasteiger partial charge in [-0.1, -0.05) is 18.2 Å². The third kappa shape index (κ3) is 1.87. The van der Waals surface area contributed by atoms with Crippen molar-refractivity contribution >= 4 is 0 Å². The molecule has 1 aliphatic carbocycles. The number of fused-ring (bicyclic) bond motifs is 1. The normalized spacial score (nSPS) is 29.1. The number of rotatable bonds is 1. The summed E-state index contributed by atoms with van der Waals surface area (Å²) in [7, 11) is 0. The van der Waals surface area contributed by atoms with Crippen molar-refractivity contribution < 1.29 is 4.74 Å². The van der Waals surface area contributed by atoms with E-state index in [4.69, 9.17) is 4.74 Å². The van der Waals surface area contributed by atoms with Gasteiger partial charge in [0.05, 0.1) is 19.3 Å². The molecule has 1 aliphatic heterocycles. The molecule has 3 rings (SSSR count). The largest absolute Gasteiger partial charge is 0.378 e. The zero-order chi connectivity index (χ0) is 11.0. The minimum atomic E-state index is 0.384. The molecule has 0 amide bonds. The molecular weight excluding hydrogens is 198 g/mol. The van der Waals surface area contributed by atoms with Gasteiger partial charge in [-0.3, -0.25) is 0 Å². The van der Waals surface area contributed by atoms with Gasteiger partial charge in [0.25, 0.3) is 0 Å². The van der Waals surface area contributed by atoms with Crippen molar-refractivity contribution in [3.8, 4) is 0 Å². The predicted octanol–water partition coefficient (Wildman–Crippen LogP) is 2.22. The Hall–Kier alpha value is -0.860. The summed E-state index contributed by atoms with van der Waals surface area (Å²) >= 11 is 0. The Bertz CT molecular complexity index is 388. The number of aryl methyl sites for hydroxylation is 2. The minimum Gasteiger partial charge on any atom is -0.378 e. The van der Waals surface area contributed by atoms with Crippen LogP contribution in [0.1, 0.15) is 36.1 Å². The van der Waals surface area contributed by atoms with Crippen molar-refractivity contribution in [3.63, 3.8) is 0 Å². The zero-order valence-corrected chi connectivity index (χ0v) is 9.83. The molecule has 1 aromatic rings.